The van der Waals surface area contributed by atoms with Gasteiger partial charge in [0, 0.05) is 25.3 Å². The summed E-state index contributed by atoms with van der Waals surface area (Å²) in [5, 5.41) is 5.65. The monoisotopic (exact) mass is 361 g/mol. The standard InChI is InChI=1S/C19H24FN3O3/c1-13-11-15(20)4-5-16(13)22-19(24)21-12-17(18-6-3-14(2)26-18)23-7-9-25-10-8-23/h3-6,11,17H,7-10,12H2,1-2H3,(H2,21,22,24). The van der Waals surface area contributed by atoms with Crippen LogP contribution in [0.3, 0.4) is 0 Å². The Morgan fingerprint density at radius 3 is 2.65 bits per heavy atom. The Morgan fingerprint density at radius 2 is 2.00 bits per heavy atom. The van der Waals surface area contributed by atoms with E-state index in [0.717, 1.165) is 24.6 Å². The van der Waals surface area contributed by atoms with E-state index in [4.69, 9.17) is 9.15 Å². The Kier molecular flexibility index (Phi) is 5.90. The van der Waals surface area contributed by atoms with Crippen LogP contribution in [0, 0.1) is 19.7 Å². The van der Waals surface area contributed by atoms with Crippen molar-refractivity contribution >= 4 is 11.7 Å². The number of ether oxygens (including phenoxy) is 1. The maximum absolute atomic E-state index is 13.2. The number of nitrogens with zero attached hydrogens (tertiary/aromatic N) is 1. The van der Waals surface area contributed by atoms with E-state index in [1.165, 1.54) is 12.1 Å². The van der Waals surface area contributed by atoms with E-state index in [1.54, 1.807) is 13.0 Å². The van der Waals surface area contributed by atoms with Crippen LogP contribution in [-0.4, -0.2) is 43.8 Å². The van der Waals surface area contributed by atoms with E-state index < -0.39 is 0 Å². The summed E-state index contributed by atoms with van der Waals surface area (Å²) in [5.74, 6) is 1.33. The van der Waals surface area contributed by atoms with Crippen molar-refractivity contribution < 1.29 is 18.3 Å². The number of halogens is 1. The fraction of sp³-hybridized carbons (Fsp3) is 0.421. The molecule has 1 aromatic heterocycles. The molecule has 2 N–H and O–H groups in total. The summed E-state index contributed by atoms with van der Waals surface area (Å²) in [6.45, 7) is 6.95. The van der Waals surface area contributed by atoms with E-state index in [9.17, 15) is 9.18 Å². The number of urea groups is 1. The molecule has 0 radical (unpaired) electrons. The lowest BCUT2D eigenvalue weighted by Crippen LogP contribution is -2.44. The van der Waals surface area contributed by atoms with Gasteiger partial charge in [-0.1, -0.05) is 0 Å². The Bertz CT molecular complexity index is 756. The number of anilines is 1. The van der Waals surface area contributed by atoms with Crippen LogP contribution in [0.2, 0.25) is 0 Å². The molecule has 1 atom stereocenters. The lowest BCUT2D eigenvalue weighted by Gasteiger charge is -2.33. The average Bonchev–Trinajstić information content (AvgIpc) is 3.05. The maximum Gasteiger partial charge on any atom is 0.319 e. The van der Waals surface area contributed by atoms with Gasteiger partial charge in [0.15, 0.2) is 0 Å². The summed E-state index contributed by atoms with van der Waals surface area (Å²) in [6.07, 6.45) is 0. The largest absolute Gasteiger partial charge is 0.465 e. The predicted molar refractivity (Wildman–Crippen MR) is 96.7 cm³/mol. The number of carbonyl (C=O) groups is 1. The summed E-state index contributed by atoms with van der Waals surface area (Å²) < 4.78 is 24.4. The zero-order valence-corrected chi connectivity index (χ0v) is 15.0. The average molecular weight is 361 g/mol. The quantitative estimate of drug-likeness (QED) is 0.858. The molecule has 140 valence electrons. The molecule has 2 amide bonds. The fourth-order valence-corrected chi connectivity index (χ4v) is 3.05. The molecular formula is C19H24FN3O3. The van der Waals surface area contributed by atoms with E-state index in [0.29, 0.717) is 31.0 Å². The normalized spacial score (nSPS) is 16.3. The highest BCUT2D eigenvalue weighted by Crippen LogP contribution is 2.23. The van der Waals surface area contributed by atoms with Gasteiger partial charge < -0.3 is 19.8 Å². The molecule has 1 unspecified atom stereocenters. The first-order chi connectivity index (χ1) is 12.5. The molecule has 0 spiro atoms. The summed E-state index contributed by atoms with van der Waals surface area (Å²) in [6, 6.07) is 7.74. The number of aryl methyl sites for hydroxylation is 2. The van der Waals surface area contributed by atoms with Crippen molar-refractivity contribution in [2.75, 3.05) is 38.2 Å². The van der Waals surface area contributed by atoms with Gasteiger partial charge in [0.05, 0.1) is 19.3 Å². The molecule has 1 saturated heterocycles. The molecule has 2 aromatic rings. The van der Waals surface area contributed by atoms with Gasteiger partial charge in [-0.3, -0.25) is 4.90 Å². The Balaban J connectivity index is 1.64. The minimum absolute atomic E-state index is 0.0623. The zero-order chi connectivity index (χ0) is 18.5. The highest BCUT2D eigenvalue weighted by atomic mass is 19.1. The molecular weight excluding hydrogens is 337 g/mol. The topological polar surface area (TPSA) is 66.7 Å². The minimum atomic E-state index is -0.332. The molecule has 7 heteroatoms. The first kappa shape index (κ1) is 18.4. The number of hydrogen-bond donors (Lipinski definition) is 2. The Hall–Kier alpha value is -2.38. The Morgan fingerprint density at radius 1 is 1.23 bits per heavy atom. The molecule has 6 nitrogen and oxygen atoms in total. The number of benzene rings is 1. The predicted octanol–water partition coefficient (Wildman–Crippen LogP) is 3.23. The number of amides is 2. The van der Waals surface area contributed by atoms with Gasteiger partial charge in [-0.2, -0.15) is 0 Å². The number of rotatable bonds is 5. The lowest BCUT2D eigenvalue weighted by atomic mass is 10.1. The van der Waals surface area contributed by atoms with Gasteiger partial charge in [-0.05, 0) is 49.7 Å². The van der Waals surface area contributed by atoms with Crippen molar-refractivity contribution in [3.05, 3.63) is 53.2 Å². The third kappa shape index (κ3) is 4.62. The summed E-state index contributed by atoms with van der Waals surface area (Å²) in [7, 11) is 0. The van der Waals surface area contributed by atoms with Gasteiger partial charge in [0.2, 0.25) is 0 Å². The third-order valence-electron chi connectivity index (χ3n) is 4.47. The molecule has 0 bridgehead atoms. The van der Waals surface area contributed by atoms with Crippen LogP contribution in [0.4, 0.5) is 14.9 Å². The molecule has 0 aliphatic carbocycles. The maximum atomic E-state index is 13.2. The van der Waals surface area contributed by atoms with Crippen molar-refractivity contribution in [3.63, 3.8) is 0 Å². The molecule has 0 saturated carbocycles. The number of carbonyl (C=O) groups excluding carboxylic acids is 1. The second-order valence-corrected chi connectivity index (χ2v) is 6.41. The van der Waals surface area contributed by atoms with Gasteiger partial charge in [0.1, 0.15) is 17.3 Å². The third-order valence-corrected chi connectivity index (χ3v) is 4.47. The van der Waals surface area contributed by atoms with Gasteiger partial charge in [-0.25, -0.2) is 9.18 Å². The smallest absolute Gasteiger partial charge is 0.319 e. The van der Waals surface area contributed by atoms with E-state index in [2.05, 4.69) is 15.5 Å². The van der Waals surface area contributed by atoms with Gasteiger partial charge in [-0.15, -0.1) is 0 Å². The van der Waals surface area contributed by atoms with Crippen LogP contribution in [0.1, 0.15) is 23.1 Å². The Labute approximate surface area is 152 Å². The molecule has 1 fully saturated rings. The molecule has 1 aliphatic rings. The molecule has 2 heterocycles. The summed E-state index contributed by atoms with van der Waals surface area (Å²) in [4.78, 5) is 14.5. The molecule has 26 heavy (non-hydrogen) atoms. The summed E-state index contributed by atoms with van der Waals surface area (Å²) in [5.41, 5.74) is 1.26. The number of furan rings is 1. The van der Waals surface area contributed by atoms with Crippen molar-refractivity contribution in [2.24, 2.45) is 0 Å². The molecule has 1 aliphatic heterocycles. The van der Waals surface area contributed by atoms with E-state index in [1.807, 2.05) is 19.1 Å². The van der Waals surface area contributed by atoms with Crippen molar-refractivity contribution in [2.45, 2.75) is 19.9 Å². The molecule has 1 aromatic carbocycles. The number of morpholine rings is 1. The van der Waals surface area contributed by atoms with Crippen LogP contribution >= 0.6 is 0 Å². The summed E-state index contributed by atoms with van der Waals surface area (Å²) >= 11 is 0. The van der Waals surface area contributed by atoms with Crippen molar-refractivity contribution in [1.29, 1.82) is 0 Å². The van der Waals surface area contributed by atoms with E-state index in [-0.39, 0.29) is 17.9 Å². The molecule has 3 rings (SSSR count). The second-order valence-electron chi connectivity index (χ2n) is 6.41. The number of hydrogen-bond acceptors (Lipinski definition) is 4. The van der Waals surface area contributed by atoms with Crippen molar-refractivity contribution in [3.8, 4) is 0 Å². The van der Waals surface area contributed by atoms with E-state index >= 15 is 0 Å². The highest BCUT2D eigenvalue weighted by molar-refractivity contribution is 5.90. The van der Waals surface area contributed by atoms with Gasteiger partial charge in [0.25, 0.3) is 0 Å². The highest BCUT2D eigenvalue weighted by Gasteiger charge is 2.25. The van der Waals surface area contributed by atoms with Crippen LogP contribution < -0.4 is 10.6 Å². The lowest BCUT2D eigenvalue weighted by molar-refractivity contribution is 0.0122. The van der Waals surface area contributed by atoms with Crippen LogP contribution in [-0.2, 0) is 4.74 Å². The SMILES string of the molecule is Cc1ccc(C(CNC(=O)Nc2ccc(F)cc2C)N2CCOCC2)o1. The fourth-order valence-electron chi connectivity index (χ4n) is 3.05. The van der Waals surface area contributed by atoms with Gasteiger partial charge >= 0.3 is 6.03 Å². The number of nitrogens with one attached hydrogen (secondary N) is 2. The van der Waals surface area contributed by atoms with Crippen LogP contribution in [0.5, 0.6) is 0 Å². The van der Waals surface area contributed by atoms with Crippen LogP contribution in [0.15, 0.2) is 34.7 Å². The second kappa shape index (κ2) is 8.33. The first-order valence-corrected chi connectivity index (χ1v) is 8.72. The first-order valence-electron chi connectivity index (χ1n) is 8.72. The van der Waals surface area contributed by atoms with Crippen molar-refractivity contribution in [1.82, 2.24) is 10.2 Å². The van der Waals surface area contributed by atoms with Crippen LogP contribution in [0.25, 0.3) is 0 Å². The zero-order valence-electron chi connectivity index (χ0n) is 15.0. The minimum Gasteiger partial charge on any atom is -0.465 e.